The Hall–Kier alpha value is -0.120. The molecule has 3 atom stereocenters. The second-order valence-corrected chi connectivity index (χ2v) is 6.27. The molecule has 0 bridgehead atoms. The summed E-state index contributed by atoms with van der Waals surface area (Å²) in [4.78, 5) is 2.58. The highest BCUT2D eigenvalue weighted by molar-refractivity contribution is 4.84. The molecular formula is C15H32N2O. The number of likely N-dealkylation sites (N-methyl/N-ethyl adjacent to an activating group) is 1. The predicted molar refractivity (Wildman–Crippen MR) is 77.8 cm³/mol. The number of rotatable bonds is 7. The fourth-order valence-corrected chi connectivity index (χ4v) is 3.13. The van der Waals surface area contributed by atoms with Crippen LogP contribution in [0.1, 0.15) is 47.0 Å². The van der Waals surface area contributed by atoms with E-state index in [2.05, 4.69) is 37.9 Å². The molecular weight excluding hydrogens is 224 g/mol. The molecule has 0 spiro atoms. The van der Waals surface area contributed by atoms with Gasteiger partial charge in [0, 0.05) is 25.7 Å². The fraction of sp³-hybridized carbons (Fsp3) is 1.00. The van der Waals surface area contributed by atoms with Crippen molar-refractivity contribution in [1.82, 2.24) is 10.2 Å². The molecule has 1 heterocycles. The second kappa shape index (κ2) is 8.13. The first-order chi connectivity index (χ1) is 8.55. The van der Waals surface area contributed by atoms with Crippen molar-refractivity contribution in [2.24, 2.45) is 11.8 Å². The number of nitrogens with zero attached hydrogens (tertiary/aromatic N) is 1. The highest BCUT2D eigenvalue weighted by Crippen LogP contribution is 2.23. The Morgan fingerprint density at radius 2 is 2.00 bits per heavy atom. The lowest BCUT2D eigenvalue weighted by Gasteiger charge is -2.39. The lowest BCUT2D eigenvalue weighted by atomic mass is 9.88. The van der Waals surface area contributed by atoms with Crippen molar-refractivity contribution < 1.29 is 5.11 Å². The van der Waals surface area contributed by atoms with Crippen LogP contribution in [-0.2, 0) is 0 Å². The third kappa shape index (κ3) is 5.68. The molecule has 3 nitrogen and oxygen atoms in total. The maximum absolute atomic E-state index is 9.86. The van der Waals surface area contributed by atoms with Gasteiger partial charge in [0.2, 0.25) is 0 Å². The maximum atomic E-state index is 9.86. The zero-order valence-electron chi connectivity index (χ0n) is 12.7. The molecule has 1 rings (SSSR count). The van der Waals surface area contributed by atoms with E-state index < -0.39 is 0 Å². The lowest BCUT2D eigenvalue weighted by Crippen LogP contribution is -2.50. The van der Waals surface area contributed by atoms with E-state index in [9.17, 15) is 5.11 Å². The monoisotopic (exact) mass is 256 g/mol. The van der Waals surface area contributed by atoms with E-state index >= 15 is 0 Å². The molecule has 0 aromatic carbocycles. The molecule has 18 heavy (non-hydrogen) atoms. The first kappa shape index (κ1) is 15.9. The Labute approximate surface area is 113 Å². The van der Waals surface area contributed by atoms with Gasteiger partial charge in [0.1, 0.15) is 0 Å². The van der Waals surface area contributed by atoms with Crippen molar-refractivity contribution in [2.45, 2.75) is 59.1 Å². The summed E-state index contributed by atoms with van der Waals surface area (Å²) in [6, 6.07) is 0.608. The standard InChI is InChI=1S/C15H32N2O/c1-5-15(18)8-13-7-14(16-6-2)11-17(10-13)9-12(3)4/h12-16,18H,5-11H2,1-4H3. The number of likely N-dealkylation sites (tertiary alicyclic amines) is 1. The highest BCUT2D eigenvalue weighted by Gasteiger charge is 2.27. The minimum Gasteiger partial charge on any atom is -0.393 e. The van der Waals surface area contributed by atoms with Crippen LogP contribution in [0.15, 0.2) is 0 Å². The van der Waals surface area contributed by atoms with E-state index in [1.165, 1.54) is 19.5 Å². The Bertz CT molecular complexity index is 221. The number of hydrogen-bond acceptors (Lipinski definition) is 3. The summed E-state index contributed by atoms with van der Waals surface area (Å²) in [5.74, 6) is 1.37. The van der Waals surface area contributed by atoms with Gasteiger partial charge in [-0.3, -0.25) is 0 Å². The molecule has 0 aromatic rings. The molecule has 3 unspecified atom stereocenters. The van der Waals surface area contributed by atoms with Crippen LogP contribution in [0.4, 0.5) is 0 Å². The molecule has 0 aliphatic carbocycles. The predicted octanol–water partition coefficient (Wildman–Crippen LogP) is 2.10. The van der Waals surface area contributed by atoms with Gasteiger partial charge in [-0.25, -0.2) is 0 Å². The van der Waals surface area contributed by atoms with Gasteiger partial charge < -0.3 is 15.3 Å². The van der Waals surface area contributed by atoms with Crippen molar-refractivity contribution in [2.75, 3.05) is 26.2 Å². The van der Waals surface area contributed by atoms with Gasteiger partial charge in [-0.2, -0.15) is 0 Å². The molecule has 1 saturated heterocycles. The Morgan fingerprint density at radius 3 is 2.56 bits per heavy atom. The van der Waals surface area contributed by atoms with Gasteiger partial charge in [-0.1, -0.05) is 27.7 Å². The molecule has 1 aliphatic rings. The molecule has 0 aromatic heterocycles. The van der Waals surface area contributed by atoms with Crippen LogP contribution in [0.5, 0.6) is 0 Å². The topological polar surface area (TPSA) is 35.5 Å². The van der Waals surface area contributed by atoms with E-state index in [0.717, 1.165) is 31.8 Å². The summed E-state index contributed by atoms with van der Waals surface area (Å²) < 4.78 is 0. The summed E-state index contributed by atoms with van der Waals surface area (Å²) in [5.41, 5.74) is 0. The second-order valence-electron chi connectivity index (χ2n) is 6.27. The summed E-state index contributed by atoms with van der Waals surface area (Å²) in [7, 11) is 0. The zero-order chi connectivity index (χ0) is 13.5. The van der Waals surface area contributed by atoms with Gasteiger partial charge in [-0.15, -0.1) is 0 Å². The number of aliphatic hydroxyl groups is 1. The van der Waals surface area contributed by atoms with E-state index in [4.69, 9.17) is 0 Å². The lowest BCUT2D eigenvalue weighted by molar-refractivity contribution is 0.0790. The third-order valence-electron chi connectivity index (χ3n) is 3.81. The fourth-order valence-electron chi connectivity index (χ4n) is 3.13. The SMILES string of the molecule is CCNC1CC(CC(O)CC)CN(CC(C)C)C1. The number of hydrogen-bond donors (Lipinski definition) is 2. The Balaban J connectivity index is 2.50. The minimum absolute atomic E-state index is 0.115. The summed E-state index contributed by atoms with van der Waals surface area (Å²) in [6.07, 6.45) is 2.95. The summed E-state index contributed by atoms with van der Waals surface area (Å²) in [6.45, 7) is 13.4. The number of aliphatic hydroxyl groups excluding tert-OH is 1. The largest absolute Gasteiger partial charge is 0.393 e. The normalized spacial score (nSPS) is 27.7. The van der Waals surface area contributed by atoms with E-state index in [1.807, 2.05) is 0 Å². The van der Waals surface area contributed by atoms with Crippen molar-refractivity contribution >= 4 is 0 Å². The van der Waals surface area contributed by atoms with Crippen molar-refractivity contribution in [1.29, 1.82) is 0 Å². The molecule has 0 saturated carbocycles. The Kier molecular flexibility index (Phi) is 7.20. The van der Waals surface area contributed by atoms with Crippen molar-refractivity contribution in [3.63, 3.8) is 0 Å². The van der Waals surface area contributed by atoms with E-state index in [-0.39, 0.29) is 6.10 Å². The van der Waals surface area contributed by atoms with Crippen LogP contribution >= 0.6 is 0 Å². The first-order valence-corrected chi connectivity index (χ1v) is 7.68. The van der Waals surface area contributed by atoms with Crippen LogP contribution in [-0.4, -0.2) is 48.3 Å². The molecule has 2 N–H and O–H groups in total. The Morgan fingerprint density at radius 1 is 1.28 bits per heavy atom. The first-order valence-electron chi connectivity index (χ1n) is 7.68. The average molecular weight is 256 g/mol. The van der Waals surface area contributed by atoms with Gasteiger partial charge >= 0.3 is 0 Å². The summed E-state index contributed by atoms with van der Waals surface area (Å²) in [5, 5.41) is 13.4. The minimum atomic E-state index is -0.115. The molecule has 1 aliphatic heterocycles. The van der Waals surface area contributed by atoms with Gasteiger partial charge in [0.15, 0.2) is 0 Å². The quantitative estimate of drug-likeness (QED) is 0.732. The highest BCUT2D eigenvalue weighted by atomic mass is 16.3. The van der Waals surface area contributed by atoms with E-state index in [1.54, 1.807) is 0 Å². The maximum Gasteiger partial charge on any atom is 0.0540 e. The van der Waals surface area contributed by atoms with Crippen LogP contribution in [0.25, 0.3) is 0 Å². The number of piperidine rings is 1. The van der Waals surface area contributed by atoms with Crippen molar-refractivity contribution in [3.05, 3.63) is 0 Å². The summed E-state index contributed by atoms with van der Waals surface area (Å²) >= 11 is 0. The average Bonchev–Trinajstić information content (AvgIpc) is 2.28. The van der Waals surface area contributed by atoms with Crippen LogP contribution < -0.4 is 5.32 Å². The molecule has 0 radical (unpaired) electrons. The third-order valence-corrected chi connectivity index (χ3v) is 3.81. The smallest absolute Gasteiger partial charge is 0.0540 e. The van der Waals surface area contributed by atoms with E-state index in [0.29, 0.717) is 12.0 Å². The zero-order valence-corrected chi connectivity index (χ0v) is 12.7. The van der Waals surface area contributed by atoms with Gasteiger partial charge in [0.05, 0.1) is 6.10 Å². The van der Waals surface area contributed by atoms with Crippen LogP contribution in [0, 0.1) is 11.8 Å². The number of nitrogens with one attached hydrogen (secondary N) is 1. The molecule has 108 valence electrons. The van der Waals surface area contributed by atoms with Crippen LogP contribution in [0.3, 0.4) is 0 Å². The molecule has 1 fully saturated rings. The van der Waals surface area contributed by atoms with Crippen LogP contribution in [0.2, 0.25) is 0 Å². The molecule has 0 amide bonds. The van der Waals surface area contributed by atoms with Gasteiger partial charge in [-0.05, 0) is 37.6 Å². The van der Waals surface area contributed by atoms with Gasteiger partial charge in [0.25, 0.3) is 0 Å². The van der Waals surface area contributed by atoms with Crippen molar-refractivity contribution in [3.8, 4) is 0 Å². The molecule has 3 heteroatoms.